The van der Waals surface area contributed by atoms with Gasteiger partial charge in [-0.05, 0) is 56.2 Å². The van der Waals surface area contributed by atoms with Gasteiger partial charge in [0.25, 0.3) is 0 Å². The molecular weight excluding hydrogens is 520 g/mol. The number of benzene rings is 1. The third kappa shape index (κ3) is 7.38. The first-order valence-electron chi connectivity index (χ1n) is 12.6. The molecule has 1 aliphatic carbocycles. The summed E-state index contributed by atoms with van der Waals surface area (Å²) in [7, 11) is 1.52. The lowest BCUT2D eigenvalue weighted by Crippen LogP contribution is -2.57. The minimum atomic E-state index is -1.10. The third-order valence-corrected chi connectivity index (χ3v) is 7.01. The number of hydrogen-bond donors (Lipinski definition) is 0. The van der Waals surface area contributed by atoms with Crippen LogP contribution < -0.4 is 4.74 Å². The molecule has 0 radical (unpaired) electrons. The largest absolute Gasteiger partial charge is 0.496 e. The normalized spacial score (nSPS) is 29.1. The zero-order chi connectivity index (χ0) is 28.0. The van der Waals surface area contributed by atoms with Crippen molar-refractivity contribution < 1.29 is 47.6 Å². The first-order valence-corrected chi connectivity index (χ1v) is 13.2. The molecule has 0 unspecified atom stereocenters. The molecular formula is C27H35ClO10. The highest BCUT2D eigenvalue weighted by Crippen LogP contribution is 2.43. The number of hydrogen-bond acceptors (Lipinski definition) is 10. The fourth-order valence-electron chi connectivity index (χ4n) is 5.22. The maximum Gasteiger partial charge on any atom is 0.321 e. The van der Waals surface area contributed by atoms with E-state index >= 15 is 0 Å². The number of rotatable bonds is 8. The van der Waals surface area contributed by atoms with Gasteiger partial charge in [-0.25, -0.2) is 0 Å². The summed E-state index contributed by atoms with van der Waals surface area (Å²) in [6.07, 6.45) is -1.91. The monoisotopic (exact) mass is 554 g/mol. The summed E-state index contributed by atoms with van der Waals surface area (Å²) in [5, 5.41) is 0. The Balaban J connectivity index is 1.95. The van der Waals surface area contributed by atoms with Crippen LogP contribution in [0.3, 0.4) is 0 Å². The van der Waals surface area contributed by atoms with Crippen molar-refractivity contribution in [3.8, 4) is 5.75 Å². The summed E-state index contributed by atoms with van der Waals surface area (Å²) >= 11 is 5.56. The molecule has 0 spiro atoms. The van der Waals surface area contributed by atoms with Crippen LogP contribution >= 0.6 is 11.6 Å². The first kappa shape index (κ1) is 29.7. The van der Waals surface area contributed by atoms with Gasteiger partial charge in [0, 0.05) is 26.3 Å². The lowest BCUT2D eigenvalue weighted by Gasteiger charge is -2.44. The molecule has 0 aromatic heterocycles. The summed E-state index contributed by atoms with van der Waals surface area (Å²) in [5.74, 6) is -1.72. The molecule has 10 nitrogen and oxygen atoms in total. The van der Waals surface area contributed by atoms with Gasteiger partial charge in [-0.15, -0.1) is 11.6 Å². The number of methoxy groups -OCH3 is 1. The molecule has 1 aliphatic heterocycles. The average Bonchev–Trinajstić information content (AvgIpc) is 2.87. The highest BCUT2D eigenvalue weighted by Gasteiger charge is 2.51. The van der Waals surface area contributed by atoms with E-state index in [0.717, 1.165) is 18.4 Å². The molecule has 38 heavy (non-hydrogen) atoms. The summed E-state index contributed by atoms with van der Waals surface area (Å²) in [4.78, 5) is 47.5. The van der Waals surface area contributed by atoms with Crippen LogP contribution in [0.5, 0.6) is 5.75 Å². The second-order valence-corrected chi connectivity index (χ2v) is 9.85. The minimum Gasteiger partial charge on any atom is -0.496 e. The van der Waals surface area contributed by atoms with E-state index in [-0.39, 0.29) is 17.9 Å². The van der Waals surface area contributed by atoms with E-state index in [1.54, 1.807) is 6.92 Å². The van der Waals surface area contributed by atoms with E-state index in [9.17, 15) is 19.2 Å². The Morgan fingerprint density at radius 3 is 2.00 bits per heavy atom. The molecule has 3 rings (SSSR count). The Morgan fingerprint density at radius 2 is 1.45 bits per heavy atom. The zero-order valence-electron chi connectivity index (χ0n) is 22.3. The van der Waals surface area contributed by atoms with Crippen LogP contribution in [0.2, 0.25) is 0 Å². The molecule has 11 heteroatoms. The summed E-state index contributed by atoms with van der Waals surface area (Å²) < 4.78 is 33.9. The van der Waals surface area contributed by atoms with Crippen LogP contribution in [0.25, 0.3) is 0 Å². The average molecular weight is 555 g/mol. The van der Waals surface area contributed by atoms with Crippen molar-refractivity contribution in [2.45, 2.75) is 95.9 Å². The molecule has 0 amide bonds. The maximum atomic E-state index is 12.1. The van der Waals surface area contributed by atoms with Gasteiger partial charge in [0.2, 0.25) is 0 Å². The molecule has 5 atom stereocenters. The van der Waals surface area contributed by atoms with E-state index in [1.807, 2.05) is 18.2 Å². The van der Waals surface area contributed by atoms with E-state index in [1.165, 1.54) is 27.9 Å². The molecule has 1 heterocycles. The Kier molecular flexibility index (Phi) is 10.4. The van der Waals surface area contributed by atoms with Gasteiger partial charge in [-0.1, -0.05) is 6.07 Å². The molecule has 0 N–H and O–H groups in total. The van der Waals surface area contributed by atoms with Gasteiger partial charge < -0.3 is 28.4 Å². The van der Waals surface area contributed by atoms with Gasteiger partial charge in [0.1, 0.15) is 23.8 Å². The fraction of sp³-hybridized carbons (Fsp3) is 0.630. The van der Waals surface area contributed by atoms with Crippen molar-refractivity contribution >= 4 is 35.5 Å². The van der Waals surface area contributed by atoms with Crippen molar-refractivity contribution in [2.24, 2.45) is 0 Å². The van der Waals surface area contributed by atoms with Crippen molar-refractivity contribution in [2.75, 3.05) is 13.0 Å². The van der Waals surface area contributed by atoms with Gasteiger partial charge in [-0.2, -0.15) is 0 Å². The lowest BCUT2D eigenvalue weighted by atomic mass is 9.81. The molecule has 210 valence electrons. The molecule has 0 bridgehead atoms. The van der Waals surface area contributed by atoms with E-state index < -0.39 is 54.4 Å². The van der Waals surface area contributed by atoms with Gasteiger partial charge in [-0.3, -0.25) is 19.2 Å². The predicted molar refractivity (Wildman–Crippen MR) is 135 cm³/mol. The van der Waals surface area contributed by atoms with E-state index in [2.05, 4.69) is 0 Å². The number of alkyl halides is 1. The van der Waals surface area contributed by atoms with Gasteiger partial charge in [0.05, 0.1) is 13.2 Å². The summed E-state index contributed by atoms with van der Waals surface area (Å²) in [5.41, 5.74) is 1.63. The van der Waals surface area contributed by atoms with Crippen LogP contribution in [0, 0.1) is 0 Å². The third-order valence-electron chi connectivity index (χ3n) is 6.79. The highest BCUT2D eigenvalue weighted by atomic mass is 35.5. The standard InChI is InChI=1S/C27H35ClO10/c1-14-24(35-15(2)29)26(36-16(3)30)27(37-17(4)31)25(34-14)21-12-19(8-11-22(21)33-5)18-6-9-20(10-7-18)38-23(32)13-28/h8,11-12,14,18,20,24-27H,6-7,9-10,13H2,1-5H3/t14-,18?,20?,24+,25+,26+,27+/m0/s1. The summed E-state index contributed by atoms with van der Waals surface area (Å²) in [6.45, 7) is 5.40. The fourth-order valence-corrected chi connectivity index (χ4v) is 5.29. The Hall–Kier alpha value is -2.85. The molecule has 2 fully saturated rings. The number of carbonyl (C=O) groups excluding carboxylic acids is 4. The predicted octanol–water partition coefficient (Wildman–Crippen LogP) is 3.76. The number of esters is 4. The first-order chi connectivity index (χ1) is 18.0. The van der Waals surface area contributed by atoms with E-state index in [4.69, 9.17) is 40.0 Å². The molecule has 1 saturated heterocycles. The quantitative estimate of drug-likeness (QED) is 0.266. The Morgan fingerprint density at radius 1 is 0.868 bits per heavy atom. The number of ether oxygens (including phenoxy) is 6. The van der Waals surface area contributed by atoms with Crippen molar-refractivity contribution in [1.29, 1.82) is 0 Å². The molecule has 2 aliphatic rings. The van der Waals surface area contributed by atoms with Crippen LogP contribution in [-0.2, 0) is 42.9 Å². The second-order valence-electron chi connectivity index (χ2n) is 9.58. The van der Waals surface area contributed by atoms with Crippen LogP contribution in [0.15, 0.2) is 18.2 Å². The Bertz CT molecular complexity index is 1020. The maximum absolute atomic E-state index is 12.1. The number of carbonyl (C=O) groups is 4. The Labute approximate surface area is 227 Å². The smallest absolute Gasteiger partial charge is 0.321 e. The minimum absolute atomic E-state index is 0.159. The molecule has 1 aromatic rings. The number of halogens is 1. The van der Waals surface area contributed by atoms with Crippen molar-refractivity contribution in [1.82, 2.24) is 0 Å². The van der Waals surface area contributed by atoms with Gasteiger partial charge >= 0.3 is 23.9 Å². The molecule has 1 saturated carbocycles. The summed E-state index contributed by atoms with van der Waals surface area (Å²) in [6, 6.07) is 5.73. The second kappa shape index (κ2) is 13.3. The van der Waals surface area contributed by atoms with Crippen LogP contribution in [-0.4, -0.2) is 67.4 Å². The molecule has 1 aromatic carbocycles. The van der Waals surface area contributed by atoms with Crippen LogP contribution in [0.1, 0.15) is 76.5 Å². The topological polar surface area (TPSA) is 124 Å². The zero-order valence-corrected chi connectivity index (χ0v) is 23.0. The van der Waals surface area contributed by atoms with Crippen molar-refractivity contribution in [3.63, 3.8) is 0 Å². The van der Waals surface area contributed by atoms with Gasteiger partial charge in [0.15, 0.2) is 18.3 Å². The highest BCUT2D eigenvalue weighted by molar-refractivity contribution is 6.26. The van der Waals surface area contributed by atoms with Crippen molar-refractivity contribution in [3.05, 3.63) is 29.3 Å². The lowest BCUT2D eigenvalue weighted by molar-refractivity contribution is -0.245. The van der Waals surface area contributed by atoms with E-state index in [0.29, 0.717) is 24.2 Å². The SMILES string of the molecule is COc1ccc(C2CCC(OC(=O)CCl)CC2)cc1[C@H]1O[C@@H](C)[C@@H](OC(C)=O)[C@@H](OC(C)=O)[C@@H]1OC(C)=O. The van der Waals surface area contributed by atoms with Crippen LogP contribution in [0.4, 0.5) is 0 Å².